The maximum Gasteiger partial charge on any atom is 0.318 e. The van der Waals surface area contributed by atoms with Crippen molar-refractivity contribution in [2.45, 2.75) is 23.6 Å². The van der Waals surface area contributed by atoms with Gasteiger partial charge in [0.1, 0.15) is 5.25 Å². The largest absolute Gasteiger partial charge is 0.468 e. The molecular formula is C14H21NO3S. The van der Waals surface area contributed by atoms with Gasteiger partial charge in [-0.15, -0.1) is 11.8 Å². The smallest absolute Gasteiger partial charge is 0.318 e. The molecule has 0 spiro atoms. The van der Waals surface area contributed by atoms with Crippen LogP contribution in [0.5, 0.6) is 0 Å². The maximum atomic E-state index is 11.4. The summed E-state index contributed by atoms with van der Waals surface area (Å²) in [5.74, 6) is -0.200. The molecule has 4 nitrogen and oxygen atoms in total. The van der Waals surface area contributed by atoms with Crippen molar-refractivity contribution in [2.75, 3.05) is 27.4 Å². The monoisotopic (exact) mass is 283 g/mol. The van der Waals surface area contributed by atoms with Gasteiger partial charge in [-0.2, -0.15) is 0 Å². The Morgan fingerprint density at radius 3 is 2.89 bits per heavy atom. The van der Waals surface area contributed by atoms with Crippen LogP contribution < -0.4 is 5.32 Å². The first-order chi connectivity index (χ1) is 9.17. The fourth-order valence-electron chi connectivity index (χ4n) is 1.55. The van der Waals surface area contributed by atoms with Gasteiger partial charge in [-0.3, -0.25) is 4.79 Å². The van der Waals surface area contributed by atoms with Crippen LogP contribution in [0.15, 0.2) is 29.2 Å². The van der Waals surface area contributed by atoms with E-state index in [2.05, 4.69) is 17.4 Å². The standard InChI is InChI=1S/C14H21NO3S/c1-11(14(16)18-3)19-13-6-4-5-12(9-13)10-15-7-8-17-2/h4-6,9,11,15H,7-8,10H2,1-3H3. The molecule has 0 aliphatic carbocycles. The summed E-state index contributed by atoms with van der Waals surface area (Å²) in [6, 6.07) is 8.15. The first kappa shape index (κ1) is 16.0. The highest BCUT2D eigenvalue weighted by atomic mass is 32.2. The molecule has 1 N–H and O–H groups in total. The van der Waals surface area contributed by atoms with Gasteiger partial charge in [0.05, 0.1) is 13.7 Å². The highest BCUT2D eigenvalue weighted by Crippen LogP contribution is 2.24. The number of methoxy groups -OCH3 is 2. The fraction of sp³-hybridized carbons (Fsp3) is 0.500. The summed E-state index contributed by atoms with van der Waals surface area (Å²) < 4.78 is 9.70. The Kier molecular flexibility index (Phi) is 7.55. The molecule has 1 aromatic rings. The number of esters is 1. The molecule has 1 unspecified atom stereocenters. The van der Waals surface area contributed by atoms with E-state index in [0.717, 1.165) is 18.0 Å². The van der Waals surface area contributed by atoms with Crippen molar-refractivity contribution in [1.82, 2.24) is 5.32 Å². The lowest BCUT2D eigenvalue weighted by Gasteiger charge is -2.10. The van der Waals surface area contributed by atoms with Crippen LogP contribution in [0.25, 0.3) is 0 Å². The zero-order valence-corrected chi connectivity index (χ0v) is 12.5. The molecule has 0 fully saturated rings. The Bertz CT molecular complexity index is 398. The molecular weight excluding hydrogens is 262 g/mol. The third-order valence-electron chi connectivity index (χ3n) is 2.56. The molecule has 106 valence electrons. The average molecular weight is 283 g/mol. The number of ether oxygens (including phenoxy) is 2. The van der Waals surface area contributed by atoms with Gasteiger partial charge in [0.15, 0.2) is 0 Å². The fourth-order valence-corrected chi connectivity index (χ4v) is 2.53. The lowest BCUT2D eigenvalue weighted by atomic mass is 10.2. The highest BCUT2D eigenvalue weighted by molar-refractivity contribution is 8.00. The molecule has 0 heterocycles. The van der Waals surface area contributed by atoms with Crippen molar-refractivity contribution < 1.29 is 14.3 Å². The van der Waals surface area contributed by atoms with Crippen LogP contribution in [0, 0.1) is 0 Å². The first-order valence-corrected chi connectivity index (χ1v) is 7.08. The summed E-state index contributed by atoms with van der Waals surface area (Å²) in [7, 11) is 3.10. The third kappa shape index (κ3) is 6.09. The minimum Gasteiger partial charge on any atom is -0.468 e. The molecule has 0 aliphatic rings. The Morgan fingerprint density at radius 1 is 1.42 bits per heavy atom. The van der Waals surface area contributed by atoms with E-state index in [9.17, 15) is 4.79 Å². The van der Waals surface area contributed by atoms with E-state index in [4.69, 9.17) is 9.47 Å². The second-order valence-corrected chi connectivity index (χ2v) is 5.51. The van der Waals surface area contributed by atoms with Gasteiger partial charge in [-0.1, -0.05) is 12.1 Å². The van der Waals surface area contributed by atoms with Crippen LogP contribution in [0.2, 0.25) is 0 Å². The third-order valence-corrected chi connectivity index (χ3v) is 3.63. The molecule has 0 saturated carbocycles. The Labute approximate surface area is 118 Å². The molecule has 1 rings (SSSR count). The van der Waals surface area contributed by atoms with E-state index in [0.29, 0.717) is 6.61 Å². The topological polar surface area (TPSA) is 47.6 Å². The minimum atomic E-state index is -0.200. The predicted octanol–water partition coefficient (Wildman–Crippen LogP) is 2.08. The van der Waals surface area contributed by atoms with Crippen LogP contribution in [0.4, 0.5) is 0 Å². The molecule has 0 aliphatic heterocycles. The van der Waals surface area contributed by atoms with Gasteiger partial charge in [0.2, 0.25) is 0 Å². The molecule has 5 heteroatoms. The van der Waals surface area contributed by atoms with Gasteiger partial charge in [-0.05, 0) is 24.6 Å². The molecule has 19 heavy (non-hydrogen) atoms. The van der Waals surface area contributed by atoms with Crippen molar-refractivity contribution in [3.05, 3.63) is 29.8 Å². The molecule has 0 bridgehead atoms. The number of hydrogen-bond acceptors (Lipinski definition) is 5. The Hall–Kier alpha value is -1.04. The zero-order chi connectivity index (χ0) is 14.1. The minimum absolute atomic E-state index is 0.193. The van der Waals surface area contributed by atoms with Crippen molar-refractivity contribution >= 4 is 17.7 Å². The molecule has 1 atom stereocenters. The van der Waals surface area contributed by atoms with Crippen molar-refractivity contribution in [3.63, 3.8) is 0 Å². The first-order valence-electron chi connectivity index (χ1n) is 6.20. The van der Waals surface area contributed by atoms with E-state index in [1.165, 1.54) is 24.4 Å². The SMILES string of the molecule is COCCNCc1cccc(SC(C)C(=O)OC)c1. The summed E-state index contributed by atoms with van der Waals surface area (Å²) in [6.45, 7) is 4.17. The van der Waals surface area contributed by atoms with Gasteiger partial charge >= 0.3 is 5.97 Å². The van der Waals surface area contributed by atoms with E-state index in [1.807, 2.05) is 19.1 Å². The van der Waals surface area contributed by atoms with Crippen molar-refractivity contribution in [1.29, 1.82) is 0 Å². The number of carbonyl (C=O) groups is 1. The summed E-state index contributed by atoms with van der Waals surface area (Å²) in [5.41, 5.74) is 1.19. The average Bonchev–Trinajstić information content (AvgIpc) is 2.43. The quantitative estimate of drug-likeness (QED) is 0.450. The van der Waals surface area contributed by atoms with Crippen molar-refractivity contribution in [2.24, 2.45) is 0 Å². The summed E-state index contributed by atoms with van der Waals surface area (Å²) in [5, 5.41) is 3.10. The van der Waals surface area contributed by atoms with Gasteiger partial charge in [-0.25, -0.2) is 0 Å². The van der Waals surface area contributed by atoms with Gasteiger partial charge in [0, 0.05) is 25.1 Å². The zero-order valence-electron chi connectivity index (χ0n) is 11.6. The van der Waals surface area contributed by atoms with Crippen LogP contribution in [0.3, 0.4) is 0 Å². The van der Waals surface area contributed by atoms with Crippen LogP contribution in [-0.4, -0.2) is 38.6 Å². The number of thioether (sulfide) groups is 1. The number of rotatable bonds is 8. The summed E-state index contributed by atoms with van der Waals surface area (Å²) >= 11 is 1.51. The molecule has 0 radical (unpaired) electrons. The van der Waals surface area contributed by atoms with E-state index < -0.39 is 0 Å². The van der Waals surface area contributed by atoms with Gasteiger partial charge in [0.25, 0.3) is 0 Å². The number of hydrogen-bond donors (Lipinski definition) is 1. The second-order valence-electron chi connectivity index (χ2n) is 4.10. The van der Waals surface area contributed by atoms with E-state index in [-0.39, 0.29) is 11.2 Å². The Morgan fingerprint density at radius 2 is 2.21 bits per heavy atom. The lowest BCUT2D eigenvalue weighted by Crippen LogP contribution is -2.18. The maximum absolute atomic E-state index is 11.4. The number of nitrogens with one attached hydrogen (secondary N) is 1. The van der Waals surface area contributed by atoms with Crippen molar-refractivity contribution in [3.8, 4) is 0 Å². The second kappa shape index (κ2) is 8.96. The van der Waals surface area contributed by atoms with Crippen LogP contribution >= 0.6 is 11.8 Å². The molecule has 0 aromatic heterocycles. The lowest BCUT2D eigenvalue weighted by molar-refractivity contribution is -0.139. The van der Waals surface area contributed by atoms with Crippen LogP contribution in [-0.2, 0) is 20.8 Å². The summed E-state index contributed by atoms with van der Waals surface area (Å²) in [6.07, 6.45) is 0. The normalized spacial score (nSPS) is 12.2. The predicted molar refractivity (Wildman–Crippen MR) is 77.4 cm³/mol. The van der Waals surface area contributed by atoms with Crippen LogP contribution in [0.1, 0.15) is 12.5 Å². The molecule has 0 saturated heterocycles. The highest BCUT2D eigenvalue weighted by Gasteiger charge is 2.14. The van der Waals surface area contributed by atoms with E-state index in [1.54, 1.807) is 7.11 Å². The van der Waals surface area contributed by atoms with Gasteiger partial charge < -0.3 is 14.8 Å². The van der Waals surface area contributed by atoms with E-state index >= 15 is 0 Å². The Balaban J connectivity index is 2.49. The molecule has 1 aromatic carbocycles. The number of carbonyl (C=O) groups excluding carboxylic acids is 1. The summed E-state index contributed by atoms with van der Waals surface area (Å²) in [4.78, 5) is 12.4. The number of benzene rings is 1. The molecule has 0 amide bonds.